The molecule has 0 aliphatic heterocycles. The van der Waals surface area contributed by atoms with Gasteiger partial charge >= 0.3 is 0 Å². The summed E-state index contributed by atoms with van der Waals surface area (Å²) in [5.41, 5.74) is 1.58. The molecule has 1 aromatic carbocycles. The number of benzene rings is 1. The third-order valence-electron chi connectivity index (χ3n) is 3.03. The van der Waals surface area contributed by atoms with Crippen LogP contribution in [0.3, 0.4) is 0 Å². The summed E-state index contributed by atoms with van der Waals surface area (Å²) >= 11 is 11.6. The van der Waals surface area contributed by atoms with Crippen LogP contribution >= 0.6 is 23.2 Å². The van der Waals surface area contributed by atoms with Crippen LogP contribution in [0.1, 0.15) is 24.7 Å². The summed E-state index contributed by atoms with van der Waals surface area (Å²) < 4.78 is 15.5. The van der Waals surface area contributed by atoms with Crippen LogP contribution in [0.5, 0.6) is 0 Å². The van der Waals surface area contributed by atoms with E-state index in [9.17, 15) is 4.39 Å². The minimum Gasteiger partial charge on any atom is -0.325 e. The van der Waals surface area contributed by atoms with Gasteiger partial charge in [0, 0.05) is 24.4 Å². The Bertz CT molecular complexity index is 575. The Morgan fingerprint density at radius 1 is 1.41 bits per heavy atom. The minimum atomic E-state index is -0.419. The molecule has 1 aliphatic rings. The number of imidazole rings is 1. The summed E-state index contributed by atoms with van der Waals surface area (Å²) in [4.78, 5) is 4.45. The Morgan fingerprint density at radius 2 is 2.18 bits per heavy atom. The first-order valence-electron chi connectivity index (χ1n) is 5.62. The number of aryl methyl sites for hydroxylation is 1. The third-order valence-corrected chi connectivity index (χ3v) is 3.51. The van der Waals surface area contributed by atoms with Gasteiger partial charge in [-0.1, -0.05) is 11.6 Å². The SMILES string of the molecule is Fc1cc2nc(CCCl)n(C3CC3)c2cc1Cl. The third kappa shape index (κ3) is 1.91. The topological polar surface area (TPSA) is 17.8 Å². The van der Waals surface area contributed by atoms with Crippen molar-refractivity contribution in [2.24, 2.45) is 0 Å². The smallest absolute Gasteiger partial charge is 0.144 e. The normalized spacial score (nSPS) is 15.7. The Balaban J connectivity index is 2.23. The molecule has 3 rings (SSSR count). The van der Waals surface area contributed by atoms with Crippen LogP contribution in [-0.2, 0) is 6.42 Å². The van der Waals surface area contributed by atoms with Crippen molar-refractivity contribution in [1.29, 1.82) is 0 Å². The molecule has 1 aromatic heterocycles. The lowest BCUT2D eigenvalue weighted by Crippen LogP contribution is -2.02. The highest BCUT2D eigenvalue weighted by atomic mass is 35.5. The first-order valence-corrected chi connectivity index (χ1v) is 6.54. The first kappa shape index (κ1) is 11.3. The van der Waals surface area contributed by atoms with Crippen molar-refractivity contribution in [2.75, 3.05) is 5.88 Å². The number of rotatable bonds is 3. The molecule has 0 unspecified atom stereocenters. The van der Waals surface area contributed by atoms with E-state index in [1.54, 1.807) is 6.07 Å². The molecule has 1 saturated carbocycles. The average molecular weight is 273 g/mol. The second-order valence-electron chi connectivity index (χ2n) is 4.32. The Labute approximate surface area is 108 Å². The first-order chi connectivity index (χ1) is 8.20. The molecular formula is C12H11Cl2FN2. The highest BCUT2D eigenvalue weighted by Crippen LogP contribution is 2.39. The van der Waals surface area contributed by atoms with E-state index < -0.39 is 5.82 Å². The molecule has 0 N–H and O–H groups in total. The number of aromatic nitrogens is 2. The molecule has 0 radical (unpaired) electrons. The van der Waals surface area contributed by atoms with Gasteiger partial charge in [0.15, 0.2) is 0 Å². The predicted molar refractivity (Wildman–Crippen MR) is 67.4 cm³/mol. The van der Waals surface area contributed by atoms with Gasteiger partial charge in [-0.25, -0.2) is 9.37 Å². The number of nitrogens with zero attached hydrogens (tertiary/aromatic N) is 2. The minimum absolute atomic E-state index is 0.150. The molecule has 2 nitrogen and oxygen atoms in total. The number of alkyl halides is 1. The molecule has 2 aromatic rings. The summed E-state index contributed by atoms with van der Waals surface area (Å²) in [7, 11) is 0. The van der Waals surface area contributed by atoms with Gasteiger partial charge in [0.1, 0.15) is 11.6 Å². The fourth-order valence-corrected chi connectivity index (χ4v) is 2.47. The van der Waals surface area contributed by atoms with Crippen molar-refractivity contribution in [1.82, 2.24) is 9.55 Å². The molecule has 0 amide bonds. The summed E-state index contributed by atoms with van der Waals surface area (Å²) in [5.74, 6) is 1.03. The zero-order valence-electron chi connectivity index (χ0n) is 9.09. The van der Waals surface area contributed by atoms with E-state index in [1.807, 2.05) is 0 Å². The number of fused-ring (bicyclic) bond motifs is 1. The Hall–Kier alpha value is -0.800. The molecule has 90 valence electrons. The molecule has 1 heterocycles. The van der Waals surface area contributed by atoms with E-state index in [2.05, 4.69) is 9.55 Å². The second-order valence-corrected chi connectivity index (χ2v) is 5.11. The van der Waals surface area contributed by atoms with E-state index >= 15 is 0 Å². The van der Waals surface area contributed by atoms with Gasteiger partial charge in [-0.05, 0) is 18.9 Å². The van der Waals surface area contributed by atoms with Crippen LogP contribution in [0.15, 0.2) is 12.1 Å². The lowest BCUT2D eigenvalue weighted by molar-refractivity contribution is 0.629. The van der Waals surface area contributed by atoms with Crippen molar-refractivity contribution in [3.05, 3.63) is 28.8 Å². The van der Waals surface area contributed by atoms with Gasteiger partial charge in [-0.2, -0.15) is 0 Å². The summed E-state index contributed by atoms with van der Waals surface area (Å²) in [6, 6.07) is 3.54. The molecule has 1 fully saturated rings. The largest absolute Gasteiger partial charge is 0.325 e. The Kier molecular flexibility index (Phi) is 2.75. The van der Waals surface area contributed by atoms with Gasteiger partial charge in [0.2, 0.25) is 0 Å². The standard InChI is InChI=1S/C12H11Cl2FN2/c13-4-3-12-16-10-6-9(15)8(14)5-11(10)17(12)7-1-2-7/h5-7H,1-4H2. The van der Waals surface area contributed by atoms with E-state index in [0.29, 0.717) is 23.9 Å². The van der Waals surface area contributed by atoms with Crippen LogP contribution < -0.4 is 0 Å². The maximum Gasteiger partial charge on any atom is 0.144 e. The molecule has 0 saturated heterocycles. The lowest BCUT2D eigenvalue weighted by Gasteiger charge is -2.06. The van der Waals surface area contributed by atoms with E-state index in [-0.39, 0.29) is 5.02 Å². The van der Waals surface area contributed by atoms with Crippen LogP contribution in [0.4, 0.5) is 4.39 Å². The Morgan fingerprint density at radius 3 is 2.82 bits per heavy atom. The fourth-order valence-electron chi connectivity index (χ4n) is 2.14. The fraction of sp³-hybridized carbons (Fsp3) is 0.417. The van der Waals surface area contributed by atoms with Crippen molar-refractivity contribution >= 4 is 34.2 Å². The van der Waals surface area contributed by atoms with Gasteiger partial charge < -0.3 is 4.57 Å². The van der Waals surface area contributed by atoms with Crippen LogP contribution in [0, 0.1) is 5.82 Å². The maximum absolute atomic E-state index is 13.4. The highest BCUT2D eigenvalue weighted by Gasteiger charge is 2.28. The van der Waals surface area contributed by atoms with Gasteiger partial charge in [0.05, 0.1) is 16.1 Å². The van der Waals surface area contributed by atoms with Crippen LogP contribution in [0.2, 0.25) is 5.02 Å². The zero-order chi connectivity index (χ0) is 12.0. The maximum atomic E-state index is 13.4. The van der Waals surface area contributed by atoms with E-state index in [0.717, 1.165) is 24.2 Å². The van der Waals surface area contributed by atoms with E-state index in [1.165, 1.54) is 6.07 Å². The summed E-state index contributed by atoms with van der Waals surface area (Å²) in [6.45, 7) is 0. The molecular weight excluding hydrogens is 262 g/mol. The molecule has 5 heteroatoms. The van der Waals surface area contributed by atoms with Gasteiger partial charge in [0.25, 0.3) is 0 Å². The van der Waals surface area contributed by atoms with E-state index in [4.69, 9.17) is 23.2 Å². The molecule has 0 atom stereocenters. The molecule has 1 aliphatic carbocycles. The lowest BCUT2D eigenvalue weighted by atomic mass is 10.3. The zero-order valence-corrected chi connectivity index (χ0v) is 10.6. The number of hydrogen-bond donors (Lipinski definition) is 0. The van der Waals surface area contributed by atoms with Crippen molar-refractivity contribution in [3.63, 3.8) is 0 Å². The quantitative estimate of drug-likeness (QED) is 0.774. The predicted octanol–water partition coefficient (Wildman–Crippen LogP) is 3.95. The molecule has 17 heavy (non-hydrogen) atoms. The summed E-state index contributed by atoms with van der Waals surface area (Å²) in [5, 5.41) is 0.150. The summed E-state index contributed by atoms with van der Waals surface area (Å²) in [6.07, 6.45) is 3.00. The van der Waals surface area contributed by atoms with Crippen molar-refractivity contribution < 1.29 is 4.39 Å². The second kappa shape index (κ2) is 4.14. The monoisotopic (exact) mass is 272 g/mol. The van der Waals surface area contributed by atoms with Crippen molar-refractivity contribution in [3.8, 4) is 0 Å². The highest BCUT2D eigenvalue weighted by molar-refractivity contribution is 6.31. The average Bonchev–Trinajstić information content (AvgIpc) is 3.05. The van der Waals surface area contributed by atoms with Crippen LogP contribution in [0.25, 0.3) is 11.0 Å². The van der Waals surface area contributed by atoms with Crippen LogP contribution in [-0.4, -0.2) is 15.4 Å². The van der Waals surface area contributed by atoms with Gasteiger partial charge in [-0.3, -0.25) is 0 Å². The molecule has 0 bridgehead atoms. The molecule has 0 spiro atoms. The van der Waals surface area contributed by atoms with Crippen molar-refractivity contribution in [2.45, 2.75) is 25.3 Å². The number of halogens is 3. The van der Waals surface area contributed by atoms with Gasteiger partial charge in [-0.15, -0.1) is 11.6 Å². The number of hydrogen-bond acceptors (Lipinski definition) is 1.